The molecule has 0 aliphatic rings. The van der Waals surface area contributed by atoms with Crippen molar-refractivity contribution in [2.75, 3.05) is 47.5 Å². The van der Waals surface area contributed by atoms with Gasteiger partial charge in [-0.2, -0.15) is 0 Å². The Hall–Kier alpha value is -4.05. The van der Waals surface area contributed by atoms with E-state index in [1.165, 1.54) is 0 Å². The molecule has 59 heavy (non-hydrogen) atoms. The maximum Gasteiger partial charge on any atom is 0.306 e. The van der Waals surface area contributed by atoms with E-state index in [-0.39, 0.29) is 32.7 Å². The minimum atomic E-state index is -1.65. The molecule has 0 aromatic carbocycles. The lowest BCUT2D eigenvalue weighted by molar-refractivity contribution is -0.870. The van der Waals surface area contributed by atoms with Crippen LogP contribution < -0.4 is 5.11 Å². The molecule has 0 N–H and O–H groups in total. The summed E-state index contributed by atoms with van der Waals surface area (Å²) >= 11 is 0. The molecular weight excluding hydrogens is 743 g/mol. The number of aliphatic carboxylic acids is 1. The lowest BCUT2D eigenvalue weighted by Crippen LogP contribution is -2.44. The zero-order valence-corrected chi connectivity index (χ0v) is 37.3. The number of rotatable bonds is 38. The fourth-order valence-electron chi connectivity index (χ4n) is 5.16. The Labute approximate surface area is 358 Å². The first-order valence-corrected chi connectivity index (χ1v) is 22.0. The number of likely N-dealkylation sites (N-methyl/N-ethyl adjacent to an activating group) is 1. The molecule has 0 aromatic rings. The van der Waals surface area contributed by atoms with Crippen molar-refractivity contribution in [2.24, 2.45) is 0 Å². The predicted molar refractivity (Wildman–Crippen MR) is 241 cm³/mol. The lowest BCUT2D eigenvalue weighted by Gasteiger charge is -2.26. The third kappa shape index (κ3) is 41.9. The monoisotopic (exact) mass is 822 g/mol. The van der Waals surface area contributed by atoms with Crippen molar-refractivity contribution in [3.63, 3.8) is 0 Å². The van der Waals surface area contributed by atoms with Gasteiger partial charge in [0.25, 0.3) is 0 Å². The van der Waals surface area contributed by atoms with E-state index in [0.717, 1.165) is 89.9 Å². The molecule has 0 aliphatic carbocycles. The zero-order chi connectivity index (χ0) is 43.5. The normalized spacial score (nSPS) is 14.0. The van der Waals surface area contributed by atoms with Crippen LogP contribution in [0.1, 0.15) is 129 Å². The van der Waals surface area contributed by atoms with Crippen LogP contribution in [-0.4, -0.2) is 82.3 Å². The van der Waals surface area contributed by atoms with Crippen molar-refractivity contribution in [1.82, 2.24) is 0 Å². The van der Waals surface area contributed by atoms with Crippen molar-refractivity contribution in [2.45, 2.75) is 142 Å². The van der Waals surface area contributed by atoms with Crippen LogP contribution in [0.5, 0.6) is 0 Å². The quantitative estimate of drug-likeness (QED) is 0.0199. The van der Waals surface area contributed by atoms with Crippen LogP contribution in [0.25, 0.3) is 0 Å². The number of unbranched alkanes of at least 4 members (excludes halogenated alkanes) is 5. The Morgan fingerprint density at radius 2 is 0.949 bits per heavy atom. The highest BCUT2D eigenvalue weighted by Crippen LogP contribution is 2.10. The first-order valence-electron chi connectivity index (χ1n) is 22.0. The number of carboxylic acids is 1. The first kappa shape index (κ1) is 55.0. The number of hydrogen-bond acceptors (Lipinski definition) is 8. The standard InChI is InChI=1S/C50H79NO8/c1-6-8-10-12-14-16-18-20-22-23-24-25-27-29-31-33-35-37-39-41-48(53)59-46(45-58-50(49(54)55)56-43-42-51(3,4)5)44-57-47(52)40-38-36-34-32-30-28-26-21-19-17-15-13-11-9-7-2/h8-11,14-17,20-22,24-26,29,31,35,37,46,50H,6-7,12-13,18-19,23,27-28,30,32-34,36,38-45H2,1-5H3/b10-8-,11-9-,16-14-,17-15-,22-20-,25-24-,26-21-,31-29-,37-35-. The molecule has 9 nitrogen and oxygen atoms in total. The second kappa shape index (κ2) is 40.7. The minimum Gasteiger partial charge on any atom is -0.545 e. The van der Waals surface area contributed by atoms with E-state index in [1.54, 1.807) is 0 Å². The maximum absolute atomic E-state index is 12.7. The number of quaternary nitrogens is 1. The van der Waals surface area contributed by atoms with Gasteiger partial charge in [0.15, 0.2) is 12.4 Å². The summed E-state index contributed by atoms with van der Waals surface area (Å²) in [6.45, 7) is 4.36. The molecule has 0 spiro atoms. The molecule has 0 heterocycles. The van der Waals surface area contributed by atoms with E-state index in [0.29, 0.717) is 23.9 Å². The van der Waals surface area contributed by atoms with Gasteiger partial charge in [-0.05, 0) is 83.5 Å². The molecule has 0 aromatic heterocycles. The average Bonchev–Trinajstić information content (AvgIpc) is 3.19. The Bertz CT molecular complexity index is 1330. The largest absolute Gasteiger partial charge is 0.545 e. The highest BCUT2D eigenvalue weighted by Gasteiger charge is 2.21. The van der Waals surface area contributed by atoms with E-state index in [1.807, 2.05) is 33.3 Å². The van der Waals surface area contributed by atoms with E-state index >= 15 is 0 Å². The molecule has 2 atom stereocenters. The van der Waals surface area contributed by atoms with Crippen LogP contribution in [0.15, 0.2) is 109 Å². The highest BCUT2D eigenvalue weighted by molar-refractivity contribution is 5.70. The zero-order valence-electron chi connectivity index (χ0n) is 37.3. The summed E-state index contributed by atoms with van der Waals surface area (Å²) in [4.78, 5) is 36.9. The number of ether oxygens (including phenoxy) is 4. The molecule has 9 heteroatoms. The molecular formula is C50H79NO8. The third-order valence-electron chi connectivity index (χ3n) is 8.53. The van der Waals surface area contributed by atoms with Gasteiger partial charge in [0.1, 0.15) is 13.2 Å². The minimum absolute atomic E-state index is 0.111. The lowest BCUT2D eigenvalue weighted by atomic mass is 10.1. The summed E-state index contributed by atoms with van der Waals surface area (Å²) in [6.07, 6.45) is 51.4. The Kier molecular flexibility index (Phi) is 37.9. The summed E-state index contributed by atoms with van der Waals surface area (Å²) in [5, 5.41) is 11.7. The fraction of sp³-hybridized carbons (Fsp3) is 0.580. The van der Waals surface area contributed by atoms with E-state index in [2.05, 4.69) is 111 Å². The number of allylic oxidation sites excluding steroid dienone is 18. The second-order valence-corrected chi connectivity index (χ2v) is 15.2. The molecule has 0 fully saturated rings. The van der Waals surface area contributed by atoms with Crippen molar-refractivity contribution in [3.8, 4) is 0 Å². The second-order valence-electron chi connectivity index (χ2n) is 15.2. The molecule has 0 amide bonds. The topological polar surface area (TPSA) is 111 Å². The average molecular weight is 822 g/mol. The summed E-state index contributed by atoms with van der Waals surface area (Å²) in [5.74, 6) is -2.44. The van der Waals surface area contributed by atoms with Gasteiger partial charge < -0.3 is 33.3 Å². The Morgan fingerprint density at radius 1 is 0.508 bits per heavy atom. The van der Waals surface area contributed by atoms with Gasteiger partial charge in [0.05, 0.1) is 40.3 Å². The number of hydrogen-bond donors (Lipinski definition) is 0. The molecule has 2 unspecified atom stereocenters. The summed E-state index contributed by atoms with van der Waals surface area (Å²) in [7, 11) is 5.86. The van der Waals surface area contributed by atoms with Crippen molar-refractivity contribution >= 4 is 17.9 Å². The summed E-state index contributed by atoms with van der Waals surface area (Å²) < 4.78 is 22.4. The van der Waals surface area contributed by atoms with Crippen LogP contribution in [-0.2, 0) is 33.3 Å². The van der Waals surface area contributed by atoms with Crippen LogP contribution in [0.3, 0.4) is 0 Å². The van der Waals surface area contributed by atoms with E-state index in [4.69, 9.17) is 18.9 Å². The third-order valence-corrected chi connectivity index (χ3v) is 8.53. The van der Waals surface area contributed by atoms with Crippen LogP contribution in [0.2, 0.25) is 0 Å². The number of carboxylic acid groups (broad SMARTS) is 1. The van der Waals surface area contributed by atoms with E-state index < -0.39 is 30.3 Å². The SMILES string of the molecule is CC/C=C\C/C=C\C/C=C\C/C=C\C/C=C\C/C=C\CCC(=O)OC(COC(=O)CCCCCCC/C=C\C/C=C\C/C=C\CC)COC(OCC[N+](C)(C)C)C(=O)[O-]. The van der Waals surface area contributed by atoms with Crippen molar-refractivity contribution < 1.29 is 42.9 Å². The summed E-state index contributed by atoms with van der Waals surface area (Å²) in [6, 6.07) is 0. The predicted octanol–water partition coefficient (Wildman–Crippen LogP) is 10.3. The van der Waals surface area contributed by atoms with Crippen LogP contribution >= 0.6 is 0 Å². The molecule has 0 radical (unpaired) electrons. The van der Waals surface area contributed by atoms with Gasteiger partial charge in [-0.3, -0.25) is 9.59 Å². The van der Waals surface area contributed by atoms with Gasteiger partial charge in [0, 0.05) is 12.8 Å². The number of carbonyl (C=O) groups excluding carboxylic acids is 3. The number of esters is 2. The molecule has 332 valence electrons. The van der Waals surface area contributed by atoms with Crippen molar-refractivity contribution in [1.29, 1.82) is 0 Å². The Balaban J connectivity index is 4.64. The highest BCUT2D eigenvalue weighted by atomic mass is 16.7. The van der Waals surface area contributed by atoms with Gasteiger partial charge in [-0.25, -0.2) is 0 Å². The molecule has 0 bridgehead atoms. The maximum atomic E-state index is 12.7. The molecule has 0 aliphatic heterocycles. The smallest absolute Gasteiger partial charge is 0.306 e. The van der Waals surface area contributed by atoms with Gasteiger partial charge in [0.2, 0.25) is 0 Å². The number of nitrogens with zero attached hydrogens (tertiary/aromatic N) is 1. The van der Waals surface area contributed by atoms with Gasteiger partial charge in [-0.1, -0.05) is 142 Å². The molecule has 0 saturated heterocycles. The van der Waals surface area contributed by atoms with Crippen LogP contribution in [0.4, 0.5) is 0 Å². The molecule has 0 saturated carbocycles. The van der Waals surface area contributed by atoms with E-state index in [9.17, 15) is 19.5 Å². The molecule has 0 rings (SSSR count). The van der Waals surface area contributed by atoms with Crippen LogP contribution in [0, 0.1) is 0 Å². The summed E-state index contributed by atoms with van der Waals surface area (Å²) in [5.41, 5.74) is 0. The fourth-order valence-corrected chi connectivity index (χ4v) is 5.16. The number of carbonyl (C=O) groups is 3. The van der Waals surface area contributed by atoms with Gasteiger partial charge >= 0.3 is 11.9 Å². The van der Waals surface area contributed by atoms with Gasteiger partial charge in [-0.15, -0.1) is 0 Å². The van der Waals surface area contributed by atoms with Crippen molar-refractivity contribution in [3.05, 3.63) is 109 Å². The Morgan fingerprint density at radius 3 is 1.42 bits per heavy atom. The first-order chi connectivity index (χ1) is 28.6.